The molecule has 0 radical (unpaired) electrons. The van der Waals surface area contributed by atoms with Crippen LogP contribution in [0.4, 0.5) is 0 Å². The molecule has 2 saturated heterocycles. The summed E-state index contributed by atoms with van der Waals surface area (Å²) in [4.78, 5) is 9.06. The summed E-state index contributed by atoms with van der Waals surface area (Å²) in [5.74, 6) is 0. The maximum absolute atomic E-state index is 4.97. The summed E-state index contributed by atoms with van der Waals surface area (Å²) in [6.07, 6.45) is 6.32. The Balaban J connectivity index is 1.98. The van der Waals surface area contributed by atoms with Crippen LogP contribution in [-0.4, -0.2) is 36.1 Å². The van der Waals surface area contributed by atoms with Crippen molar-refractivity contribution in [3.8, 4) is 0 Å². The lowest BCUT2D eigenvalue weighted by Crippen LogP contribution is -2.52. The predicted octanol–water partition coefficient (Wildman–Crippen LogP) is 2.69. The number of thiazole rings is 1. The molecule has 106 valence electrons. The van der Waals surface area contributed by atoms with Gasteiger partial charge in [0.1, 0.15) is 5.01 Å². The average molecular weight is 279 g/mol. The lowest BCUT2D eigenvalue weighted by atomic mass is 9.86. The Morgan fingerprint density at radius 1 is 1.42 bits per heavy atom. The van der Waals surface area contributed by atoms with E-state index in [9.17, 15) is 0 Å². The van der Waals surface area contributed by atoms with Crippen molar-refractivity contribution in [2.75, 3.05) is 20.1 Å². The van der Waals surface area contributed by atoms with Crippen molar-refractivity contribution in [1.82, 2.24) is 15.2 Å². The Morgan fingerprint density at radius 3 is 2.95 bits per heavy atom. The smallest absolute Gasteiger partial charge is 0.115 e. The fourth-order valence-electron chi connectivity index (χ4n) is 3.90. The SMILES string of the molecule is CCc1nc(C2(NC)CCN3CCCCC32)sc1C. The number of hydrogen-bond donors (Lipinski definition) is 1. The molecule has 2 atom stereocenters. The summed E-state index contributed by atoms with van der Waals surface area (Å²) in [7, 11) is 2.13. The van der Waals surface area contributed by atoms with Crippen LogP contribution in [-0.2, 0) is 12.0 Å². The minimum absolute atomic E-state index is 0.114. The van der Waals surface area contributed by atoms with Gasteiger partial charge in [-0.05, 0) is 46.2 Å². The van der Waals surface area contributed by atoms with E-state index in [1.165, 1.54) is 54.4 Å². The molecule has 3 rings (SSSR count). The molecule has 0 aromatic carbocycles. The lowest BCUT2D eigenvalue weighted by molar-refractivity contribution is 0.141. The summed E-state index contributed by atoms with van der Waals surface area (Å²) in [6.45, 7) is 6.93. The molecule has 0 aliphatic carbocycles. The number of aryl methyl sites for hydroxylation is 2. The molecule has 1 aromatic rings. The molecule has 2 aliphatic rings. The van der Waals surface area contributed by atoms with Crippen molar-refractivity contribution < 1.29 is 0 Å². The number of aromatic nitrogens is 1. The standard InChI is InChI=1S/C15H25N3S/c1-4-12-11(2)19-14(17-12)15(16-3)8-10-18-9-6-5-7-13(15)18/h13,16H,4-10H2,1-3H3. The number of piperidine rings is 1. The fourth-order valence-corrected chi connectivity index (χ4v) is 5.17. The van der Waals surface area contributed by atoms with Gasteiger partial charge in [-0.1, -0.05) is 13.3 Å². The van der Waals surface area contributed by atoms with Crippen molar-refractivity contribution in [2.24, 2.45) is 0 Å². The zero-order chi connectivity index (χ0) is 13.5. The minimum Gasteiger partial charge on any atom is -0.307 e. The van der Waals surface area contributed by atoms with E-state index in [0.717, 1.165) is 6.42 Å². The van der Waals surface area contributed by atoms with E-state index in [4.69, 9.17) is 4.98 Å². The highest BCUT2D eigenvalue weighted by molar-refractivity contribution is 7.11. The molecule has 1 N–H and O–H groups in total. The predicted molar refractivity (Wildman–Crippen MR) is 80.8 cm³/mol. The first-order valence-corrected chi connectivity index (χ1v) is 8.42. The van der Waals surface area contributed by atoms with Gasteiger partial charge in [0.25, 0.3) is 0 Å². The van der Waals surface area contributed by atoms with Gasteiger partial charge in [-0.25, -0.2) is 4.98 Å². The van der Waals surface area contributed by atoms with Crippen molar-refractivity contribution >= 4 is 11.3 Å². The number of rotatable bonds is 3. The van der Waals surface area contributed by atoms with Crippen molar-refractivity contribution in [2.45, 2.75) is 57.5 Å². The van der Waals surface area contributed by atoms with Gasteiger partial charge in [0.2, 0.25) is 0 Å². The van der Waals surface area contributed by atoms with Crippen LogP contribution in [0, 0.1) is 6.92 Å². The fraction of sp³-hybridized carbons (Fsp3) is 0.800. The zero-order valence-electron chi connectivity index (χ0n) is 12.3. The summed E-state index contributed by atoms with van der Waals surface area (Å²) in [5.41, 5.74) is 1.41. The third-order valence-corrected chi connectivity index (χ3v) is 6.22. The summed E-state index contributed by atoms with van der Waals surface area (Å²) in [5, 5.41) is 5.00. The highest BCUT2D eigenvalue weighted by Crippen LogP contribution is 2.43. The lowest BCUT2D eigenvalue weighted by Gasteiger charge is -2.39. The Kier molecular flexibility index (Phi) is 3.67. The molecule has 19 heavy (non-hydrogen) atoms. The van der Waals surface area contributed by atoms with E-state index in [0.29, 0.717) is 6.04 Å². The molecular weight excluding hydrogens is 254 g/mol. The second kappa shape index (κ2) is 5.15. The van der Waals surface area contributed by atoms with Gasteiger partial charge in [0.05, 0.1) is 11.2 Å². The first kappa shape index (κ1) is 13.5. The van der Waals surface area contributed by atoms with Gasteiger partial charge in [0, 0.05) is 17.5 Å². The van der Waals surface area contributed by atoms with Crippen LogP contribution < -0.4 is 5.32 Å². The quantitative estimate of drug-likeness (QED) is 0.922. The van der Waals surface area contributed by atoms with Crippen LogP contribution in [0.5, 0.6) is 0 Å². The Bertz CT molecular complexity index is 456. The van der Waals surface area contributed by atoms with Gasteiger partial charge in [-0.15, -0.1) is 11.3 Å². The zero-order valence-corrected chi connectivity index (χ0v) is 13.1. The molecule has 0 saturated carbocycles. The largest absolute Gasteiger partial charge is 0.307 e. The maximum Gasteiger partial charge on any atom is 0.115 e. The van der Waals surface area contributed by atoms with Crippen molar-refractivity contribution in [3.05, 3.63) is 15.6 Å². The molecule has 0 bridgehead atoms. The maximum atomic E-state index is 4.97. The van der Waals surface area contributed by atoms with Crippen molar-refractivity contribution in [1.29, 1.82) is 0 Å². The molecule has 2 fully saturated rings. The molecular formula is C15H25N3S. The van der Waals surface area contributed by atoms with Crippen LogP contribution >= 0.6 is 11.3 Å². The second-order valence-corrected chi connectivity index (χ2v) is 7.10. The van der Waals surface area contributed by atoms with E-state index in [-0.39, 0.29) is 5.54 Å². The van der Waals surface area contributed by atoms with E-state index in [1.807, 2.05) is 11.3 Å². The van der Waals surface area contributed by atoms with E-state index < -0.39 is 0 Å². The number of hydrogen-bond acceptors (Lipinski definition) is 4. The Hall–Kier alpha value is -0.450. The summed E-state index contributed by atoms with van der Waals surface area (Å²) < 4.78 is 0. The molecule has 3 nitrogen and oxygen atoms in total. The molecule has 3 heterocycles. The molecule has 0 amide bonds. The first-order chi connectivity index (χ1) is 9.21. The Labute approximate surface area is 120 Å². The highest BCUT2D eigenvalue weighted by Gasteiger charge is 2.50. The van der Waals surface area contributed by atoms with Crippen LogP contribution in [0.25, 0.3) is 0 Å². The number of likely N-dealkylation sites (N-methyl/N-ethyl adjacent to an activating group) is 1. The molecule has 1 aromatic heterocycles. The Morgan fingerprint density at radius 2 is 2.26 bits per heavy atom. The third kappa shape index (κ3) is 2.05. The highest BCUT2D eigenvalue weighted by atomic mass is 32.1. The number of fused-ring (bicyclic) bond motifs is 1. The minimum atomic E-state index is 0.114. The van der Waals surface area contributed by atoms with Gasteiger partial charge >= 0.3 is 0 Å². The third-order valence-electron chi connectivity index (χ3n) is 5.03. The van der Waals surface area contributed by atoms with E-state index in [1.54, 1.807) is 0 Å². The first-order valence-electron chi connectivity index (χ1n) is 7.61. The molecule has 0 spiro atoms. The number of nitrogens with zero attached hydrogens (tertiary/aromatic N) is 2. The van der Waals surface area contributed by atoms with E-state index in [2.05, 4.69) is 31.1 Å². The van der Waals surface area contributed by atoms with Crippen LogP contribution in [0.2, 0.25) is 0 Å². The molecule has 2 unspecified atom stereocenters. The van der Waals surface area contributed by atoms with Gasteiger partial charge in [-0.3, -0.25) is 4.90 Å². The monoisotopic (exact) mass is 279 g/mol. The van der Waals surface area contributed by atoms with Crippen LogP contribution in [0.3, 0.4) is 0 Å². The van der Waals surface area contributed by atoms with Gasteiger partial charge in [-0.2, -0.15) is 0 Å². The molecule has 4 heteroatoms. The second-order valence-electron chi connectivity index (χ2n) is 5.89. The topological polar surface area (TPSA) is 28.2 Å². The van der Waals surface area contributed by atoms with E-state index >= 15 is 0 Å². The van der Waals surface area contributed by atoms with Crippen molar-refractivity contribution in [3.63, 3.8) is 0 Å². The summed E-state index contributed by atoms with van der Waals surface area (Å²) in [6, 6.07) is 0.654. The molecule has 2 aliphatic heterocycles. The van der Waals surface area contributed by atoms with Crippen LogP contribution in [0.15, 0.2) is 0 Å². The number of nitrogens with one attached hydrogen (secondary N) is 1. The van der Waals surface area contributed by atoms with Gasteiger partial charge < -0.3 is 5.32 Å². The van der Waals surface area contributed by atoms with Crippen LogP contribution in [0.1, 0.15) is 48.2 Å². The summed E-state index contributed by atoms with van der Waals surface area (Å²) >= 11 is 1.92. The normalized spacial score (nSPS) is 31.6. The van der Waals surface area contributed by atoms with Gasteiger partial charge in [0.15, 0.2) is 0 Å². The average Bonchev–Trinajstić information content (AvgIpc) is 3.00.